The topological polar surface area (TPSA) is 76.0 Å². The maximum Gasteiger partial charge on any atom is 0.265 e. The summed E-state index contributed by atoms with van der Waals surface area (Å²) in [7, 11) is 0. The number of thiophene rings is 1. The van der Waals surface area contributed by atoms with Gasteiger partial charge in [-0.3, -0.25) is 9.59 Å². The van der Waals surface area contributed by atoms with Crippen molar-refractivity contribution < 1.29 is 9.59 Å². The van der Waals surface area contributed by atoms with Crippen LogP contribution in [0.5, 0.6) is 0 Å². The van der Waals surface area contributed by atoms with Gasteiger partial charge in [0.2, 0.25) is 0 Å². The van der Waals surface area contributed by atoms with Gasteiger partial charge in [0.1, 0.15) is 5.82 Å². The van der Waals surface area contributed by atoms with Crippen molar-refractivity contribution in [3.63, 3.8) is 0 Å². The van der Waals surface area contributed by atoms with Gasteiger partial charge in [-0.15, -0.1) is 11.3 Å². The third kappa shape index (κ3) is 4.22. The van der Waals surface area contributed by atoms with Crippen LogP contribution in [0.1, 0.15) is 25.9 Å². The van der Waals surface area contributed by atoms with Crippen LogP contribution < -0.4 is 10.6 Å². The third-order valence-electron chi connectivity index (χ3n) is 4.69. The molecule has 0 radical (unpaired) electrons. The van der Waals surface area contributed by atoms with E-state index in [1.165, 1.54) is 11.3 Å². The number of anilines is 1. The standard InChI is InChI=1S/C22H19ClN4O2S/c1-14-25-17-5-2-3-6-19(17)27(14)11-10-24-21(28)15-8-9-16(23)18(13-15)26-22(29)20-7-4-12-30-20/h2-9,12-13H,10-11H2,1H3,(H,24,28)(H,26,29). The Morgan fingerprint density at radius 3 is 2.73 bits per heavy atom. The first-order valence-corrected chi connectivity index (χ1v) is 10.6. The van der Waals surface area contributed by atoms with E-state index < -0.39 is 0 Å². The van der Waals surface area contributed by atoms with Crippen LogP contribution in [0.2, 0.25) is 5.02 Å². The maximum absolute atomic E-state index is 12.6. The molecule has 30 heavy (non-hydrogen) atoms. The maximum atomic E-state index is 12.6. The van der Waals surface area contributed by atoms with Gasteiger partial charge in [-0.2, -0.15) is 0 Å². The summed E-state index contributed by atoms with van der Waals surface area (Å²) in [6, 6.07) is 16.3. The van der Waals surface area contributed by atoms with Gasteiger partial charge in [0.25, 0.3) is 11.8 Å². The number of carbonyl (C=O) groups excluding carboxylic acids is 2. The molecule has 152 valence electrons. The summed E-state index contributed by atoms with van der Waals surface area (Å²) in [5.74, 6) is 0.405. The van der Waals surface area contributed by atoms with Crippen molar-refractivity contribution in [2.45, 2.75) is 13.5 Å². The molecule has 0 aliphatic carbocycles. The van der Waals surface area contributed by atoms with E-state index in [4.69, 9.17) is 11.6 Å². The van der Waals surface area contributed by atoms with Crippen molar-refractivity contribution in [3.8, 4) is 0 Å². The molecule has 6 nitrogen and oxygen atoms in total. The number of hydrogen-bond donors (Lipinski definition) is 2. The van der Waals surface area contributed by atoms with Gasteiger partial charge < -0.3 is 15.2 Å². The summed E-state index contributed by atoms with van der Waals surface area (Å²) in [6.45, 7) is 3.00. The van der Waals surface area contributed by atoms with Gasteiger partial charge in [-0.1, -0.05) is 29.8 Å². The fraction of sp³-hybridized carbons (Fsp3) is 0.136. The molecular formula is C22H19ClN4O2S. The van der Waals surface area contributed by atoms with Gasteiger partial charge in [0.05, 0.1) is 26.6 Å². The molecule has 2 heterocycles. The molecule has 0 bridgehead atoms. The molecular weight excluding hydrogens is 420 g/mol. The molecule has 0 saturated carbocycles. The highest BCUT2D eigenvalue weighted by molar-refractivity contribution is 7.12. The van der Waals surface area contributed by atoms with Crippen LogP contribution in [0, 0.1) is 6.92 Å². The molecule has 0 spiro atoms. The number of carbonyl (C=O) groups is 2. The van der Waals surface area contributed by atoms with Crippen LogP contribution in [-0.4, -0.2) is 27.9 Å². The number of aryl methyl sites for hydroxylation is 1. The molecule has 2 aromatic carbocycles. The van der Waals surface area contributed by atoms with Crippen molar-refractivity contribution in [1.82, 2.24) is 14.9 Å². The average Bonchev–Trinajstić information content (AvgIpc) is 3.38. The molecule has 0 saturated heterocycles. The van der Waals surface area contributed by atoms with Crippen molar-refractivity contribution in [3.05, 3.63) is 81.3 Å². The van der Waals surface area contributed by atoms with Crippen LogP contribution >= 0.6 is 22.9 Å². The fourth-order valence-corrected chi connectivity index (χ4v) is 4.00. The minimum Gasteiger partial charge on any atom is -0.350 e. The van der Waals surface area contributed by atoms with Crippen LogP contribution in [0.15, 0.2) is 60.0 Å². The SMILES string of the molecule is Cc1nc2ccccc2n1CCNC(=O)c1ccc(Cl)c(NC(=O)c2cccs2)c1. The second-order valence-electron chi connectivity index (χ2n) is 6.68. The normalized spacial score (nSPS) is 10.9. The second-order valence-corrected chi connectivity index (χ2v) is 8.04. The number of nitrogens with one attached hydrogen (secondary N) is 2. The Hall–Kier alpha value is -3.16. The van der Waals surface area contributed by atoms with Crippen LogP contribution in [0.3, 0.4) is 0 Å². The van der Waals surface area contributed by atoms with Crippen molar-refractivity contribution in [2.24, 2.45) is 0 Å². The van der Waals surface area contributed by atoms with Gasteiger partial charge in [0.15, 0.2) is 0 Å². The molecule has 8 heteroatoms. The number of rotatable bonds is 6. The molecule has 4 rings (SSSR count). The lowest BCUT2D eigenvalue weighted by atomic mass is 10.2. The summed E-state index contributed by atoms with van der Waals surface area (Å²) in [6.07, 6.45) is 0. The first kappa shape index (κ1) is 20.1. The molecule has 2 N–H and O–H groups in total. The first-order chi connectivity index (χ1) is 14.5. The fourth-order valence-electron chi connectivity index (χ4n) is 3.22. The molecule has 0 atom stereocenters. The number of nitrogens with zero attached hydrogens (tertiary/aromatic N) is 2. The van der Waals surface area contributed by atoms with E-state index >= 15 is 0 Å². The first-order valence-electron chi connectivity index (χ1n) is 9.37. The van der Waals surface area contributed by atoms with E-state index in [0.717, 1.165) is 16.9 Å². The lowest BCUT2D eigenvalue weighted by molar-refractivity contribution is 0.0951. The molecule has 0 unspecified atom stereocenters. The van der Waals surface area contributed by atoms with Crippen molar-refractivity contribution in [2.75, 3.05) is 11.9 Å². The van der Waals surface area contributed by atoms with Crippen molar-refractivity contribution in [1.29, 1.82) is 0 Å². The Morgan fingerprint density at radius 2 is 1.93 bits per heavy atom. The Labute approximate surface area is 182 Å². The highest BCUT2D eigenvalue weighted by atomic mass is 35.5. The molecule has 0 fully saturated rings. The number of fused-ring (bicyclic) bond motifs is 1. The number of imidazole rings is 1. The molecule has 4 aromatic rings. The number of para-hydroxylation sites is 2. The predicted octanol–water partition coefficient (Wildman–Crippen LogP) is 4.74. The summed E-state index contributed by atoms with van der Waals surface area (Å²) >= 11 is 7.53. The lowest BCUT2D eigenvalue weighted by Crippen LogP contribution is -2.27. The van der Waals surface area contributed by atoms with E-state index in [1.54, 1.807) is 30.3 Å². The Morgan fingerprint density at radius 1 is 1.10 bits per heavy atom. The number of halogens is 1. The minimum atomic E-state index is -0.257. The van der Waals surface area contributed by atoms with Gasteiger partial charge in [-0.25, -0.2) is 4.98 Å². The monoisotopic (exact) mass is 438 g/mol. The number of aromatic nitrogens is 2. The number of hydrogen-bond acceptors (Lipinski definition) is 4. The smallest absolute Gasteiger partial charge is 0.265 e. The molecule has 0 aliphatic rings. The zero-order valence-electron chi connectivity index (χ0n) is 16.2. The summed E-state index contributed by atoms with van der Waals surface area (Å²) in [5, 5.41) is 7.87. The zero-order valence-corrected chi connectivity index (χ0v) is 17.8. The van der Waals surface area contributed by atoms with E-state index in [9.17, 15) is 9.59 Å². The zero-order chi connectivity index (χ0) is 21.1. The highest BCUT2D eigenvalue weighted by Gasteiger charge is 2.13. The lowest BCUT2D eigenvalue weighted by Gasteiger charge is -2.11. The summed E-state index contributed by atoms with van der Waals surface area (Å²) in [4.78, 5) is 30.0. The Bertz CT molecular complexity index is 1220. The third-order valence-corrected chi connectivity index (χ3v) is 5.89. The van der Waals surface area contributed by atoms with E-state index in [-0.39, 0.29) is 11.8 Å². The van der Waals surface area contributed by atoms with E-state index in [2.05, 4.69) is 20.2 Å². The largest absolute Gasteiger partial charge is 0.350 e. The Kier molecular flexibility index (Phi) is 5.83. The van der Waals surface area contributed by atoms with Gasteiger partial charge in [0, 0.05) is 18.7 Å². The minimum absolute atomic E-state index is 0.236. The quantitative estimate of drug-likeness (QED) is 0.456. The molecule has 0 aliphatic heterocycles. The average molecular weight is 439 g/mol. The van der Waals surface area contributed by atoms with E-state index in [0.29, 0.717) is 34.2 Å². The second kappa shape index (κ2) is 8.69. The van der Waals surface area contributed by atoms with Gasteiger partial charge >= 0.3 is 0 Å². The number of benzene rings is 2. The van der Waals surface area contributed by atoms with Gasteiger partial charge in [-0.05, 0) is 48.7 Å². The van der Waals surface area contributed by atoms with Crippen LogP contribution in [0.4, 0.5) is 5.69 Å². The molecule has 2 amide bonds. The van der Waals surface area contributed by atoms with Crippen LogP contribution in [0.25, 0.3) is 11.0 Å². The van der Waals surface area contributed by atoms with E-state index in [1.807, 2.05) is 36.6 Å². The van der Waals surface area contributed by atoms with Crippen molar-refractivity contribution >= 4 is 51.5 Å². The van der Waals surface area contributed by atoms with Crippen LogP contribution in [-0.2, 0) is 6.54 Å². The molecule has 2 aromatic heterocycles. The number of amides is 2. The predicted molar refractivity (Wildman–Crippen MR) is 121 cm³/mol. The Balaban J connectivity index is 1.42. The summed E-state index contributed by atoms with van der Waals surface area (Å²) < 4.78 is 2.07. The highest BCUT2D eigenvalue weighted by Crippen LogP contribution is 2.24. The summed E-state index contributed by atoms with van der Waals surface area (Å²) in [5.41, 5.74) is 2.80.